The van der Waals surface area contributed by atoms with E-state index < -0.39 is 0 Å². The molecule has 1 fully saturated rings. The Balaban J connectivity index is 2.33. The van der Waals surface area contributed by atoms with Crippen LogP contribution in [0.15, 0.2) is 0 Å². The summed E-state index contributed by atoms with van der Waals surface area (Å²) in [4.78, 5) is 0. The molecule has 3 heteroatoms. The molecule has 1 atom stereocenters. The minimum Gasteiger partial charge on any atom is -0.268 e. The summed E-state index contributed by atoms with van der Waals surface area (Å²) in [5, 5.41) is 1.89. The maximum atomic E-state index is 5.50. The van der Waals surface area contributed by atoms with E-state index in [-0.39, 0.29) is 0 Å². The van der Waals surface area contributed by atoms with Crippen molar-refractivity contribution in [3.63, 3.8) is 0 Å². The fourth-order valence-corrected chi connectivity index (χ4v) is 1.47. The van der Waals surface area contributed by atoms with Crippen LogP contribution in [-0.4, -0.2) is 15.6 Å². The molecule has 0 aromatic heterocycles. The number of hydrogen-bond donors (Lipinski definition) is 1. The molecule has 0 bridgehead atoms. The molecule has 0 aromatic carbocycles. The van der Waals surface area contributed by atoms with Crippen molar-refractivity contribution in [1.82, 2.24) is 5.01 Å². The maximum absolute atomic E-state index is 5.50. The molecule has 1 rings (SSSR count). The van der Waals surface area contributed by atoms with Crippen molar-refractivity contribution in [3.8, 4) is 0 Å². The van der Waals surface area contributed by atoms with Crippen LogP contribution in [0.2, 0.25) is 0 Å². The Morgan fingerprint density at radius 3 is 2.57 bits per heavy atom. The highest BCUT2D eigenvalue weighted by atomic mass is 127. The molecule has 1 unspecified atom stereocenters. The van der Waals surface area contributed by atoms with Gasteiger partial charge in [-0.25, -0.2) is 5.01 Å². The van der Waals surface area contributed by atoms with Crippen LogP contribution in [-0.2, 0) is 0 Å². The van der Waals surface area contributed by atoms with E-state index in [1.165, 1.54) is 12.8 Å². The molecule has 7 heavy (non-hydrogen) atoms. The molecule has 2 N–H and O–H groups in total. The van der Waals surface area contributed by atoms with Gasteiger partial charge in [0.1, 0.15) is 0 Å². The van der Waals surface area contributed by atoms with Gasteiger partial charge in [-0.3, -0.25) is 5.84 Å². The third-order valence-electron chi connectivity index (χ3n) is 1.22. The predicted molar refractivity (Wildman–Crippen MR) is 37.9 cm³/mol. The Morgan fingerprint density at radius 1 is 1.71 bits per heavy atom. The van der Waals surface area contributed by atoms with E-state index >= 15 is 0 Å². The van der Waals surface area contributed by atoms with Crippen LogP contribution in [0, 0.1) is 0 Å². The van der Waals surface area contributed by atoms with Crippen molar-refractivity contribution in [1.29, 1.82) is 0 Å². The van der Waals surface area contributed by atoms with Crippen LogP contribution in [0.25, 0.3) is 0 Å². The first-order chi connectivity index (χ1) is 3.30. The van der Waals surface area contributed by atoms with Gasteiger partial charge < -0.3 is 0 Å². The summed E-state index contributed by atoms with van der Waals surface area (Å²) < 4.78 is 0.595. The van der Waals surface area contributed by atoms with E-state index in [9.17, 15) is 0 Å². The van der Waals surface area contributed by atoms with E-state index in [0.717, 1.165) is 6.54 Å². The number of halogens is 1. The first-order valence-corrected chi connectivity index (χ1v) is 3.70. The molecular formula is C4H9IN2. The molecule has 0 spiro atoms. The van der Waals surface area contributed by atoms with Crippen molar-refractivity contribution in [2.24, 2.45) is 5.84 Å². The van der Waals surface area contributed by atoms with Crippen molar-refractivity contribution < 1.29 is 0 Å². The summed E-state index contributed by atoms with van der Waals surface area (Å²) >= 11 is 2.36. The Morgan fingerprint density at radius 2 is 2.43 bits per heavy atom. The highest BCUT2D eigenvalue weighted by Crippen LogP contribution is 2.17. The fourth-order valence-electron chi connectivity index (χ4n) is 0.748. The van der Waals surface area contributed by atoms with Gasteiger partial charge in [-0.05, 0) is 12.8 Å². The second-order valence-electron chi connectivity index (χ2n) is 1.81. The van der Waals surface area contributed by atoms with Crippen LogP contribution >= 0.6 is 22.6 Å². The molecule has 1 heterocycles. The van der Waals surface area contributed by atoms with Gasteiger partial charge in [-0.2, -0.15) is 0 Å². The molecule has 2 nitrogen and oxygen atoms in total. The highest BCUT2D eigenvalue weighted by molar-refractivity contribution is 14.1. The van der Waals surface area contributed by atoms with Gasteiger partial charge in [0.2, 0.25) is 0 Å². The number of nitrogens with zero attached hydrogens (tertiary/aromatic N) is 1. The van der Waals surface area contributed by atoms with Crippen LogP contribution in [0.4, 0.5) is 0 Å². The summed E-state index contributed by atoms with van der Waals surface area (Å²) in [6, 6.07) is 0. The Labute approximate surface area is 57.2 Å². The summed E-state index contributed by atoms with van der Waals surface area (Å²) in [6.07, 6.45) is 2.53. The van der Waals surface area contributed by atoms with Crippen molar-refractivity contribution in [3.05, 3.63) is 0 Å². The fraction of sp³-hybridized carbons (Fsp3) is 1.00. The van der Waals surface area contributed by atoms with Crippen molar-refractivity contribution >= 4 is 22.6 Å². The molecule has 0 aromatic rings. The Hall–Kier alpha value is 0.650. The quantitative estimate of drug-likeness (QED) is 0.277. The molecule has 1 saturated heterocycles. The third-order valence-corrected chi connectivity index (χ3v) is 2.56. The van der Waals surface area contributed by atoms with Crippen molar-refractivity contribution in [2.75, 3.05) is 6.54 Å². The van der Waals surface area contributed by atoms with Gasteiger partial charge in [0.25, 0.3) is 0 Å². The summed E-state index contributed by atoms with van der Waals surface area (Å²) in [6.45, 7) is 1.08. The lowest BCUT2D eigenvalue weighted by atomic mass is 10.4. The molecule has 0 amide bonds. The van der Waals surface area contributed by atoms with Crippen LogP contribution in [0.3, 0.4) is 0 Å². The van der Waals surface area contributed by atoms with Gasteiger partial charge in [0.05, 0.1) is 4.05 Å². The van der Waals surface area contributed by atoms with Gasteiger partial charge in [0.15, 0.2) is 0 Å². The first kappa shape index (κ1) is 5.78. The highest BCUT2D eigenvalue weighted by Gasteiger charge is 2.16. The van der Waals surface area contributed by atoms with Crippen LogP contribution in [0.5, 0.6) is 0 Å². The third kappa shape index (κ3) is 1.27. The largest absolute Gasteiger partial charge is 0.268 e. The summed E-state index contributed by atoms with van der Waals surface area (Å²) in [5.41, 5.74) is 0. The first-order valence-electron chi connectivity index (χ1n) is 2.46. The molecule has 1 aliphatic rings. The predicted octanol–water partition coefficient (Wildman–Crippen LogP) is 0.717. The SMILES string of the molecule is NN1CCCC1I. The Kier molecular flexibility index (Phi) is 1.88. The van der Waals surface area contributed by atoms with Gasteiger partial charge in [0, 0.05) is 6.54 Å². The lowest BCUT2D eigenvalue weighted by molar-refractivity contribution is 0.342. The van der Waals surface area contributed by atoms with E-state index in [2.05, 4.69) is 22.6 Å². The minimum absolute atomic E-state index is 0.595. The number of alkyl halides is 1. The monoisotopic (exact) mass is 212 g/mol. The lowest BCUT2D eigenvalue weighted by Gasteiger charge is -2.10. The van der Waals surface area contributed by atoms with E-state index in [1.807, 2.05) is 5.01 Å². The Bertz CT molecular complexity index is 58.7. The van der Waals surface area contributed by atoms with E-state index in [4.69, 9.17) is 5.84 Å². The lowest BCUT2D eigenvalue weighted by Crippen LogP contribution is -2.31. The molecule has 42 valence electrons. The standard InChI is InChI=1S/C4H9IN2/c5-4-2-1-3-7(4)6/h4H,1-3,6H2. The average molecular weight is 212 g/mol. The van der Waals surface area contributed by atoms with Crippen molar-refractivity contribution in [2.45, 2.75) is 16.9 Å². The zero-order valence-electron chi connectivity index (χ0n) is 4.10. The number of hydrazine groups is 1. The molecular weight excluding hydrogens is 203 g/mol. The smallest absolute Gasteiger partial charge is 0.0755 e. The summed E-state index contributed by atoms with van der Waals surface area (Å²) in [5.74, 6) is 5.50. The van der Waals surface area contributed by atoms with Crippen LogP contribution in [0.1, 0.15) is 12.8 Å². The summed E-state index contributed by atoms with van der Waals surface area (Å²) in [7, 11) is 0. The number of hydrogen-bond acceptors (Lipinski definition) is 2. The topological polar surface area (TPSA) is 29.3 Å². The van der Waals surface area contributed by atoms with E-state index in [0.29, 0.717) is 4.05 Å². The zero-order chi connectivity index (χ0) is 5.28. The van der Waals surface area contributed by atoms with Crippen LogP contribution < -0.4 is 5.84 Å². The number of rotatable bonds is 0. The second-order valence-corrected chi connectivity index (χ2v) is 3.25. The molecule has 0 saturated carbocycles. The molecule has 1 aliphatic heterocycles. The molecule has 0 aliphatic carbocycles. The minimum atomic E-state index is 0.595. The van der Waals surface area contributed by atoms with E-state index in [1.54, 1.807) is 0 Å². The maximum Gasteiger partial charge on any atom is 0.0755 e. The second kappa shape index (κ2) is 2.28. The normalized spacial score (nSPS) is 34.3. The average Bonchev–Trinajstić information content (AvgIpc) is 1.91. The number of nitrogens with two attached hydrogens (primary N) is 1. The van der Waals surface area contributed by atoms with Gasteiger partial charge in [-0.15, -0.1) is 0 Å². The van der Waals surface area contributed by atoms with Gasteiger partial charge >= 0.3 is 0 Å². The zero-order valence-corrected chi connectivity index (χ0v) is 6.26. The molecule has 0 radical (unpaired) electrons. The van der Waals surface area contributed by atoms with Gasteiger partial charge in [-0.1, -0.05) is 22.6 Å².